The highest BCUT2D eigenvalue weighted by molar-refractivity contribution is 5.96. The fraction of sp³-hybridized carbons (Fsp3) is 0.571. The van der Waals surface area contributed by atoms with E-state index >= 15 is 0 Å². The van der Waals surface area contributed by atoms with Crippen LogP contribution < -0.4 is 0 Å². The minimum absolute atomic E-state index is 0.0880. The Balaban J connectivity index is 4.09. The number of hydrogen-bond acceptors (Lipinski definition) is 3. The van der Waals surface area contributed by atoms with Gasteiger partial charge >= 0.3 is 5.97 Å². The standard InChI is InChI=1S/C7H10O3/c1-3-4-6(5-8)7(9)10-2/h3-4H2,1-2H3. The third-order valence-electron chi connectivity index (χ3n) is 1.05. The van der Waals surface area contributed by atoms with Gasteiger partial charge in [0.05, 0.1) is 7.11 Å². The third-order valence-corrected chi connectivity index (χ3v) is 1.05. The molecular weight excluding hydrogens is 132 g/mol. The summed E-state index contributed by atoms with van der Waals surface area (Å²) < 4.78 is 4.32. The van der Waals surface area contributed by atoms with Gasteiger partial charge in [-0.2, -0.15) is 0 Å². The minimum atomic E-state index is -0.572. The molecule has 0 aliphatic heterocycles. The zero-order chi connectivity index (χ0) is 7.98. The van der Waals surface area contributed by atoms with Crippen LogP contribution in [0, 0.1) is 0 Å². The molecule has 0 unspecified atom stereocenters. The molecule has 0 aliphatic rings. The van der Waals surface area contributed by atoms with Crippen LogP contribution in [0.5, 0.6) is 0 Å². The zero-order valence-corrected chi connectivity index (χ0v) is 6.14. The fourth-order valence-corrected chi connectivity index (χ4v) is 0.568. The fourth-order valence-electron chi connectivity index (χ4n) is 0.568. The van der Waals surface area contributed by atoms with Crippen LogP contribution in [-0.2, 0) is 14.3 Å². The van der Waals surface area contributed by atoms with Crippen LogP contribution >= 0.6 is 0 Å². The first-order valence-corrected chi connectivity index (χ1v) is 3.08. The molecule has 0 rings (SSSR count). The van der Waals surface area contributed by atoms with Crippen LogP contribution in [0.1, 0.15) is 19.8 Å². The molecule has 0 aliphatic carbocycles. The normalized spacial score (nSPS) is 8.20. The summed E-state index contributed by atoms with van der Waals surface area (Å²) in [7, 11) is 1.25. The van der Waals surface area contributed by atoms with E-state index in [0.717, 1.165) is 6.42 Å². The molecule has 0 aromatic rings. The molecule has 56 valence electrons. The number of esters is 1. The predicted molar refractivity (Wildman–Crippen MR) is 36.1 cm³/mol. The van der Waals surface area contributed by atoms with Gasteiger partial charge in [-0.25, -0.2) is 9.59 Å². The lowest BCUT2D eigenvalue weighted by Gasteiger charge is -1.96. The predicted octanol–water partition coefficient (Wildman–Crippen LogP) is 0.718. The largest absolute Gasteiger partial charge is 0.465 e. The van der Waals surface area contributed by atoms with Crippen molar-refractivity contribution < 1.29 is 14.3 Å². The second-order valence-corrected chi connectivity index (χ2v) is 1.82. The van der Waals surface area contributed by atoms with Gasteiger partial charge in [-0.05, 0) is 6.42 Å². The number of rotatable bonds is 3. The van der Waals surface area contributed by atoms with E-state index in [-0.39, 0.29) is 5.57 Å². The summed E-state index contributed by atoms with van der Waals surface area (Å²) >= 11 is 0. The van der Waals surface area contributed by atoms with Crippen molar-refractivity contribution in [1.29, 1.82) is 0 Å². The molecule has 10 heavy (non-hydrogen) atoms. The number of ether oxygens (including phenoxy) is 1. The SMILES string of the molecule is CCCC(=C=O)C(=O)OC. The van der Waals surface area contributed by atoms with Gasteiger partial charge in [0.25, 0.3) is 0 Å². The summed E-state index contributed by atoms with van der Waals surface area (Å²) in [6.45, 7) is 1.88. The molecule has 0 heterocycles. The number of methoxy groups -OCH3 is 1. The van der Waals surface area contributed by atoms with E-state index in [4.69, 9.17) is 0 Å². The highest BCUT2D eigenvalue weighted by atomic mass is 16.5. The van der Waals surface area contributed by atoms with Crippen molar-refractivity contribution in [3.63, 3.8) is 0 Å². The monoisotopic (exact) mass is 142 g/mol. The van der Waals surface area contributed by atoms with Crippen LogP contribution in [0.25, 0.3) is 0 Å². The minimum Gasteiger partial charge on any atom is -0.465 e. The van der Waals surface area contributed by atoms with Crippen LogP contribution in [0.3, 0.4) is 0 Å². The van der Waals surface area contributed by atoms with E-state index in [1.54, 1.807) is 5.94 Å². The van der Waals surface area contributed by atoms with Crippen molar-refractivity contribution in [2.24, 2.45) is 0 Å². The summed E-state index contributed by atoms with van der Waals surface area (Å²) in [6, 6.07) is 0. The Morgan fingerprint density at radius 1 is 1.60 bits per heavy atom. The second kappa shape index (κ2) is 4.77. The molecule has 3 heteroatoms. The highest BCUT2D eigenvalue weighted by Crippen LogP contribution is 2.01. The van der Waals surface area contributed by atoms with E-state index < -0.39 is 5.97 Å². The molecule has 0 fully saturated rings. The van der Waals surface area contributed by atoms with E-state index in [1.165, 1.54) is 7.11 Å². The Labute approximate surface area is 59.7 Å². The lowest BCUT2D eigenvalue weighted by Crippen LogP contribution is -2.04. The molecule has 3 nitrogen and oxygen atoms in total. The smallest absolute Gasteiger partial charge is 0.344 e. The van der Waals surface area contributed by atoms with Crippen molar-refractivity contribution in [3.05, 3.63) is 5.57 Å². The number of carbonyl (C=O) groups excluding carboxylic acids is 2. The van der Waals surface area contributed by atoms with Gasteiger partial charge in [0.2, 0.25) is 0 Å². The Morgan fingerprint density at radius 2 is 2.20 bits per heavy atom. The third kappa shape index (κ3) is 2.46. The molecule has 0 radical (unpaired) electrons. The Hall–Kier alpha value is -1.08. The molecule has 0 aromatic carbocycles. The van der Waals surface area contributed by atoms with Crippen molar-refractivity contribution in [3.8, 4) is 0 Å². The van der Waals surface area contributed by atoms with Gasteiger partial charge in [-0.1, -0.05) is 13.3 Å². The van der Waals surface area contributed by atoms with E-state index in [0.29, 0.717) is 6.42 Å². The van der Waals surface area contributed by atoms with Crippen molar-refractivity contribution in [2.75, 3.05) is 7.11 Å². The lowest BCUT2D eigenvalue weighted by molar-refractivity contribution is -0.136. The van der Waals surface area contributed by atoms with Crippen LogP contribution in [-0.4, -0.2) is 19.0 Å². The summed E-state index contributed by atoms with van der Waals surface area (Å²) in [6.07, 6.45) is 1.19. The Kier molecular flexibility index (Phi) is 4.25. The number of carbonyl (C=O) groups is 1. The van der Waals surface area contributed by atoms with Gasteiger partial charge in [0.15, 0.2) is 0 Å². The maximum Gasteiger partial charge on any atom is 0.344 e. The first-order chi connectivity index (χ1) is 4.76. The Morgan fingerprint density at radius 3 is 2.50 bits per heavy atom. The summed E-state index contributed by atoms with van der Waals surface area (Å²) in [5.74, 6) is 0.973. The molecular formula is C7H10O3. The van der Waals surface area contributed by atoms with Crippen LogP contribution in [0.15, 0.2) is 5.57 Å². The average Bonchev–Trinajstić information content (AvgIpc) is 1.99. The Bertz CT molecular complexity index is 166. The van der Waals surface area contributed by atoms with Crippen molar-refractivity contribution in [1.82, 2.24) is 0 Å². The topological polar surface area (TPSA) is 43.4 Å². The average molecular weight is 142 g/mol. The molecule has 0 saturated carbocycles. The maximum atomic E-state index is 10.6. The van der Waals surface area contributed by atoms with Gasteiger partial charge < -0.3 is 4.74 Å². The molecule has 0 aromatic heterocycles. The molecule has 0 atom stereocenters. The number of hydrogen-bond donors (Lipinski definition) is 0. The van der Waals surface area contributed by atoms with Gasteiger partial charge in [-0.15, -0.1) is 0 Å². The molecule has 0 N–H and O–H groups in total. The van der Waals surface area contributed by atoms with E-state index in [1.807, 2.05) is 6.92 Å². The molecule has 0 saturated heterocycles. The molecule has 0 spiro atoms. The first-order valence-electron chi connectivity index (χ1n) is 3.08. The first kappa shape index (κ1) is 8.92. The van der Waals surface area contributed by atoms with Crippen molar-refractivity contribution >= 4 is 11.9 Å². The van der Waals surface area contributed by atoms with Gasteiger partial charge in [0, 0.05) is 0 Å². The van der Waals surface area contributed by atoms with Gasteiger partial charge in [-0.3, -0.25) is 0 Å². The summed E-state index contributed by atoms with van der Waals surface area (Å²) in [5, 5.41) is 0. The highest BCUT2D eigenvalue weighted by Gasteiger charge is 2.07. The van der Waals surface area contributed by atoms with Crippen LogP contribution in [0.4, 0.5) is 0 Å². The van der Waals surface area contributed by atoms with Crippen LogP contribution in [0.2, 0.25) is 0 Å². The van der Waals surface area contributed by atoms with Gasteiger partial charge in [0.1, 0.15) is 11.5 Å². The quantitative estimate of drug-likeness (QED) is 0.331. The molecule has 0 amide bonds. The van der Waals surface area contributed by atoms with Crippen molar-refractivity contribution in [2.45, 2.75) is 19.8 Å². The van der Waals surface area contributed by atoms with E-state index in [2.05, 4.69) is 4.74 Å². The maximum absolute atomic E-state index is 10.6. The second-order valence-electron chi connectivity index (χ2n) is 1.82. The lowest BCUT2D eigenvalue weighted by atomic mass is 10.2. The summed E-state index contributed by atoms with van der Waals surface area (Å²) in [4.78, 5) is 20.6. The van der Waals surface area contributed by atoms with E-state index in [9.17, 15) is 9.59 Å². The zero-order valence-electron chi connectivity index (χ0n) is 6.14. The summed E-state index contributed by atoms with van der Waals surface area (Å²) in [5.41, 5.74) is 0.0880. The molecule has 0 bridgehead atoms.